The highest BCUT2D eigenvalue weighted by atomic mass is 16.5. The lowest BCUT2D eigenvalue weighted by atomic mass is 9.93. The summed E-state index contributed by atoms with van der Waals surface area (Å²) in [4.78, 5) is 29.3. The van der Waals surface area contributed by atoms with E-state index >= 15 is 0 Å². The largest absolute Gasteiger partial charge is 0.359 e. The Morgan fingerprint density at radius 1 is 1.06 bits per heavy atom. The molecule has 1 aromatic heterocycles. The van der Waals surface area contributed by atoms with Gasteiger partial charge in [0.15, 0.2) is 5.82 Å². The maximum atomic E-state index is 12.6. The number of nitrogens with one attached hydrogen (secondary N) is 2. The van der Waals surface area contributed by atoms with Gasteiger partial charge in [-0.1, -0.05) is 55.8 Å². The minimum absolute atomic E-state index is 0.0610. The van der Waals surface area contributed by atoms with Gasteiger partial charge in [-0.25, -0.2) is 4.99 Å². The lowest BCUT2D eigenvalue weighted by Gasteiger charge is -2.12. The lowest BCUT2D eigenvalue weighted by Crippen LogP contribution is -2.15. The van der Waals surface area contributed by atoms with Crippen LogP contribution in [0.3, 0.4) is 0 Å². The van der Waals surface area contributed by atoms with Crippen LogP contribution in [0.25, 0.3) is 0 Å². The number of aromatic nitrogens is 1. The highest BCUT2D eigenvalue weighted by molar-refractivity contribution is 6.12. The summed E-state index contributed by atoms with van der Waals surface area (Å²) >= 11 is 0. The molecule has 7 heteroatoms. The van der Waals surface area contributed by atoms with E-state index < -0.39 is 0 Å². The second-order valence-corrected chi connectivity index (χ2v) is 9.06. The lowest BCUT2D eigenvalue weighted by molar-refractivity contribution is -0.115. The molecule has 1 aliphatic carbocycles. The van der Waals surface area contributed by atoms with E-state index in [9.17, 15) is 9.59 Å². The number of rotatable bonds is 5. The molecule has 32 heavy (non-hydrogen) atoms. The summed E-state index contributed by atoms with van der Waals surface area (Å²) < 4.78 is 5.29. The first-order valence-corrected chi connectivity index (χ1v) is 10.5. The van der Waals surface area contributed by atoms with E-state index in [1.165, 1.54) is 0 Å². The molecule has 0 fully saturated rings. The average Bonchev–Trinajstić information content (AvgIpc) is 3.36. The summed E-state index contributed by atoms with van der Waals surface area (Å²) in [5.41, 5.74) is 3.72. The molecule has 0 saturated carbocycles. The number of hydrogen-bond donors (Lipinski definition) is 2. The number of amides is 2. The minimum atomic E-state index is -0.252. The molecule has 1 unspecified atom stereocenters. The van der Waals surface area contributed by atoms with Crippen LogP contribution in [0.4, 0.5) is 11.5 Å². The van der Waals surface area contributed by atoms with Gasteiger partial charge in [-0.05, 0) is 36.8 Å². The van der Waals surface area contributed by atoms with Crippen molar-refractivity contribution in [2.24, 2.45) is 10.9 Å². The van der Waals surface area contributed by atoms with Gasteiger partial charge in [-0.2, -0.15) is 0 Å². The maximum Gasteiger partial charge on any atom is 0.273 e. The van der Waals surface area contributed by atoms with Crippen molar-refractivity contribution < 1.29 is 14.1 Å². The number of anilines is 2. The smallest absolute Gasteiger partial charge is 0.273 e. The highest BCUT2D eigenvalue weighted by Gasteiger charge is 2.23. The molecule has 2 amide bonds. The van der Waals surface area contributed by atoms with Gasteiger partial charge < -0.3 is 15.2 Å². The number of benzene rings is 1. The van der Waals surface area contributed by atoms with Crippen molar-refractivity contribution in [3.63, 3.8) is 0 Å². The Balaban J connectivity index is 1.32. The molecule has 1 aromatic carbocycles. The number of fused-ring (bicyclic) bond motifs is 1. The molecule has 0 spiro atoms. The van der Waals surface area contributed by atoms with E-state index in [4.69, 9.17) is 4.52 Å². The second-order valence-electron chi connectivity index (χ2n) is 9.06. The average molecular weight is 431 g/mol. The van der Waals surface area contributed by atoms with Crippen LogP contribution < -0.4 is 10.6 Å². The highest BCUT2D eigenvalue weighted by Crippen LogP contribution is 2.26. The van der Waals surface area contributed by atoms with Crippen LogP contribution in [0, 0.1) is 5.92 Å². The Morgan fingerprint density at radius 2 is 1.81 bits per heavy atom. The molecule has 4 rings (SSSR count). The third kappa shape index (κ3) is 4.94. The molecule has 2 heterocycles. The normalized spacial score (nSPS) is 17.2. The maximum absolute atomic E-state index is 12.6. The Morgan fingerprint density at radius 3 is 2.50 bits per heavy atom. The van der Waals surface area contributed by atoms with Crippen LogP contribution in [0.15, 0.2) is 75.4 Å². The molecular formula is C25H26N4O3. The van der Waals surface area contributed by atoms with Gasteiger partial charge in [0.05, 0.1) is 12.1 Å². The fourth-order valence-electron chi connectivity index (χ4n) is 3.43. The van der Waals surface area contributed by atoms with Crippen LogP contribution in [0.2, 0.25) is 0 Å². The third-order valence-electron chi connectivity index (χ3n) is 5.21. The summed E-state index contributed by atoms with van der Waals surface area (Å²) in [6.45, 7) is 8.06. The van der Waals surface area contributed by atoms with E-state index in [2.05, 4.69) is 26.9 Å². The summed E-state index contributed by atoms with van der Waals surface area (Å²) in [5, 5.41) is 9.51. The fraction of sp³-hybridized carbons (Fsp3) is 0.280. The number of allylic oxidation sites excluding steroid dienone is 5. The summed E-state index contributed by atoms with van der Waals surface area (Å²) in [7, 11) is 0. The van der Waals surface area contributed by atoms with Crippen molar-refractivity contribution in [1.82, 2.24) is 5.16 Å². The molecular weight excluding hydrogens is 404 g/mol. The predicted octanol–water partition coefficient (Wildman–Crippen LogP) is 4.56. The monoisotopic (exact) mass is 430 g/mol. The Labute approximate surface area is 187 Å². The minimum Gasteiger partial charge on any atom is -0.359 e. The van der Waals surface area contributed by atoms with Crippen LogP contribution in [-0.4, -0.2) is 22.7 Å². The van der Waals surface area contributed by atoms with Crippen molar-refractivity contribution in [2.45, 2.75) is 39.5 Å². The number of aliphatic imine (C=N–C) groups is 1. The van der Waals surface area contributed by atoms with Crippen LogP contribution in [0.5, 0.6) is 0 Å². The van der Waals surface area contributed by atoms with Crippen LogP contribution in [0.1, 0.15) is 39.0 Å². The van der Waals surface area contributed by atoms with Crippen molar-refractivity contribution >= 4 is 29.0 Å². The van der Waals surface area contributed by atoms with Gasteiger partial charge in [0.1, 0.15) is 11.5 Å². The van der Waals surface area contributed by atoms with Gasteiger partial charge in [0.2, 0.25) is 5.91 Å². The Bertz CT molecular complexity index is 1170. The number of nitrogens with zero attached hydrogens (tertiary/aromatic N) is 2. The van der Waals surface area contributed by atoms with E-state index in [0.29, 0.717) is 23.0 Å². The second kappa shape index (κ2) is 8.42. The van der Waals surface area contributed by atoms with Gasteiger partial charge in [-0.3, -0.25) is 9.59 Å². The Hall–Kier alpha value is -3.74. The van der Waals surface area contributed by atoms with E-state index in [1.807, 2.05) is 58.1 Å². The molecule has 0 radical (unpaired) electrons. The van der Waals surface area contributed by atoms with Crippen molar-refractivity contribution in [2.75, 3.05) is 10.6 Å². The molecule has 0 bridgehead atoms. The number of carbonyl (C=O) groups is 2. The molecule has 0 saturated heterocycles. The van der Waals surface area contributed by atoms with E-state index in [0.717, 1.165) is 16.8 Å². The molecule has 2 aromatic rings. The Kier molecular flexibility index (Phi) is 5.65. The topological polar surface area (TPSA) is 96.6 Å². The zero-order valence-corrected chi connectivity index (χ0v) is 18.6. The first-order valence-electron chi connectivity index (χ1n) is 10.5. The van der Waals surface area contributed by atoms with Gasteiger partial charge in [0, 0.05) is 23.1 Å². The van der Waals surface area contributed by atoms with Crippen molar-refractivity contribution in [3.8, 4) is 0 Å². The number of hydrogen-bond acceptors (Lipinski definition) is 5. The molecule has 1 atom stereocenters. The first kappa shape index (κ1) is 21.5. The summed E-state index contributed by atoms with van der Waals surface area (Å²) in [5.74, 6) is 0.720. The summed E-state index contributed by atoms with van der Waals surface area (Å²) in [6.07, 6.45) is 8.07. The standard InChI is InChI=1S/C25H26N4O3/c1-15-5-10-19-17(11-15)13-20(27-19)24(31)26-18-8-6-16(7-9-18)12-23(30)28-22-14-21(32-29-22)25(2,3)4/h5-11,13-14,17H,12H2,1-4H3,(H,26,31)(H,28,29,30). The fourth-order valence-corrected chi connectivity index (χ4v) is 3.43. The van der Waals surface area contributed by atoms with E-state index in [-0.39, 0.29) is 29.6 Å². The van der Waals surface area contributed by atoms with Gasteiger partial charge >= 0.3 is 0 Å². The zero-order valence-electron chi connectivity index (χ0n) is 18.6. The summed E-state index contributed by atoms with van der Waals surface area (Å²) in [6, 6.07) is 8.90. The first-order chi connectivity index (χ1) is 15.2. The zero-order chi connectivity index (χ0) is 22.9. The molecule has 2 N–H and O–H groups in total. The molecule has 2 aliphatic rings. The van der Waals surface area contributed by atoms with Crippen LogP contribution in [-0.2, 0) is 21.4 Å². The van der Waals surface area contributed by atoms with Gasteiger partial charge in [0.25, 0.3) is 5.91 Å². The molecule has 7 nitrogen and oxygen atoms in total. The van der Waals surface area contributed by atoms with Crippen molar-refractivity contribution in [1.29, 1.82) is 0 Å². The van der Waals surface area contributed by atoms with Crippen molar-refractivity contribution in [3.05, 3.63) is 77.2 Å². The molecule has 1 aliphatic heterocycles. The quantitative estimate of drug-likeness (QED) is 0.727. The predicted molar refractivity (Wildman–Crippen MR) is 125 cm³/mol. The molecule has 164 valence electrons. The van der Waals surface area contributed by atoms with E-state index in [1.54, 1.807) is 18.2 Å². The number of carbonyl (C=O) groups excluding carboxylic acids is 2. The van der Waals surface area contributed by atoms with Gasteiger partial charge in [-0.15, -0.1) is 0 Å². The van der Waals surface area contributed by atoms with Crippen LogP contribution >= 0.6 is 0 Å². The SMILES string of the molecule is CC1=CC2C=C(C(=O)Nc3ccc(CC(=O)Nc4cc(C(C)(C)C)on4)cc3)N=C2C=C1. The third-order valence-corrected chi connectivity index (χ3v) is 5.21.